The number of benzene rings is 1. The standard InChI is InChI=1S/C13H9ClN6O2S/c14-11-6-5-10(23-11)13(22)17-16-12(21)8-1-3-9(4-2-8)20-7-15-18-19-20/h1-7H,(H,16,21)(H,17,22). The van der Waals surface area contributed by atoms with Gasteiger partial charge in [0.25, 0.3) is 11.8 Å². The molecule has 0 saturated carbocycles. The van der Waals surface area contributed by atoms with Crippen LogP contribution in [-0.2, 0) is 0 Å². The van der Waals surface area contributed by atoms with Gasteiger partial charge in [-0.05, 0) is 46.8 Å². The molecule has 3 aromatic rings. The van der Waals surface area contributed by atoms with Gasteiger partial charge in [-0.2, -0.15) is 0 Å². The van der Waals surface area contributed by atoms with Gasteiger partial charge in [-0.25, -0.2) is 4.68 Å². The Morgan fingerprint density at radius 2 is 1.78 bits per heavy atom. The average molecular weight is 349 g/mol. The van der Waals surface area contributed by atoms with Crippen molar-refractivity contribution < 1.29 is 9.59 Å². The number of hydrogen-bond acceptors (Lipinski definition) is 6. The van der Waals surface area contributed by atoms with Crippen LogP contribution in [0, 0.1) is 0 Å². The maximum Gasteiger partial charge on any atom is 0.279 e. The van der Waals surface area contributed by atoms with Crippen LogP contribution in [0.4, 0.5) is 0 Å². The minimum absolute atomic E-state index is 0.381. The lowest BCUT2D eigenvalue weighted by Gasteiger charge is -2.07. The summed E-state index contributed by atoms with van der Waals surface area (Å²) < 4.78 is 1.96. The summed E-state index contributed by atoms with van der Waals surface area (Å²) in [7, 11) is 0. The van der Waals surface area contributed by atoms with Crippen molar-refractivity contribution in [2.75, 3.05) is 0 Å². The Hall–Kier alpha value is -2.78. The highest BCUT2D eigenvalue weighted by atomic mass is 35.5. The van der Waals surface area contributed by atoms with Crippen LogP contribution in [0.2, 0.25) is 4.34 Å². The van der Waals surface area contributed by atoms with Crippen LogP contribution >= 0.6 is 22.9 Å². The topological polar surface area (TPSA) is 102 Å². The number of hydrazine groups is 1. The lowest BCUT2D eigenvalue weighted by molar-refractivity contribution is 0.0849. The summed E-state index contributed by atoms with van der Waals surface area (Å²) in [6.07, 6.45) is 1.45. The van der Waals surface area contributed by atoms with E-state index in [0.29, 0.717) is 20.5 Å². The molecule has 0 unspecified atom stereocenters. The number of hydrogen-bond donors (Lipinski definition) is 2. The minimum Gasteiger partial charge on any atom is -0.267 e. The molecule has 0 atom stereocenters. The fraction of sp³-hybridized carbons (Fsp3) is 0. The zero-order valence-corrected chi connectivity index (χ0v) is 13.0. The predicted molar refractivity (Wildman–Crippen MR) is 83.4 cm³/mol. The van der Waals surface area contributed by atoms with Crippen molar-refractivity contribution in [3.63, 3.8) is 0 Å². The zero-order chi connectivity index (χ0) is 16.2. The Morgan fingerprint density at radius 1 is 1.04 bits per heavy atom. The van der Waals surface area contributed by atoms with Crippen LogP contribution in [0.1, 0.15) is 20.0 Å². The van der Waals surface area contributed by atoms with Gasteiger partial charge < -0.3 is 0 Å². The summed E-state index contributed by atoms with van der Waals surface area (Å²) in [6.45, 7) is 0. The minimum atomic E-state index is -0.440. The van der Waals surface area contributed by atoms with E-state index in [1.54, 1.807) is 36.4 Å². The van der Waals surface area contributed by atoms with Crippen LogP contribution in [0.25, 0.3) is 5.69 Å². The predicted octanol–water partition coefficient (Wildman–Crippen LogP) is 1.45. The smallest absolute Gasteiger partial charge is 0.267 e. The van der Waals surface area contributed by atoms with E-state index in [0.717, 1.165) is 11.3 Å². The van der Waals surface area contributed by atoms with Crippen LogP contribution in [0.3, 0.4) is 0 Å². The number of thiophene rings is 1. The lowest BCUT2D eigenvalue weighted by atomic mass is 10.2. The SMILES string of the molecule is O=C(NNC(=O)c1ccc(Cl)s1)c1ccc(-n2cnnn2)cc1. The summed E-state index contributed by atoms with van der Waals surface area (Å²) in [5.41, 5.74) is 5.76. The van der Waals surface area contributed by atoms with Crippen LogP contribution in [0.15, 0.2) is 42.7 Å². The monoisotopic (exact) mass is 348 g/mol. The van der Waals surface area contributed by atoms with Crippen molar-refractivity contribution in [2.24, 2.45) is 0 Å². The van der Waals surface area contributed by atoms with E-state index >= 15 is 0 Å². The van der Waals surface area contributed by atoms with Crippen LogP contribution in [-0.4, -0.2) is 32.0 Å². The molecule has 116 valence electrons. The van der Waals surface area contributed by atoms with Crippen molar-refractivity contribution >= 4 is 34.8 Å². The first-order valence-corrected chi connectivity index (χ1v) is 7.52. The Bertz CT molecular complexity index is 831. The van der Waals surface area contributed by atoms with Crippen molar-refractivity contribution in [1.29, 1.82) is 0 Å². The van der Waals surface area contributed by atoms with Crippen LogP contribution in [0.5, 0.6) is 0 Å². The van der Waals surface area contributed by atoms with Gasteiger partial charge in [-0.1, -0.05) is 11.6 Å². The Balaban J connectivity index is 1.61. The van der Waals surface area contributed by atoms with Gasteiger partial charge in [0.05, 0.1) is 14.9 Å². The van der Waals surface area contributed by atoms with E-state index in [-0.39, 0.29) is 0 Å². The molecule has 0 spiro atoms. The Morgan fingerprint density at radius 3 is 2.39 bits per heavy atom. The van der Waals surface area contributed by atoms with E-state index < -0.39 is 11.8 Å². The maximum absolute atomic E-state index is 12.0. The quantitative estimate of drug-likeness (QED) is 0.697. The molecule has 3 rings (SSSR count). The Labute approximate surface area is 139 Å². The normalized spacial score (nSPS) is 10.3. The van der Waals surface area contributed by atoms with Crippen molar-refractivity contribution in [2.45, 2.75) is 0 Å². The Kier molecular flexibility index (Phi) is 4.31. The molecule has 0 fully saturated rings. The van der Waals surface area contributed by atoms with Crippen molar-refractivity contribution in [1.82, 2.24) is 31.1 Å². The van der Waals surface area contributed by atoms with Gasteiger partial charge in [0.1, 0.15) is 6.33 Å². The van der Waals surface area contributed by atoms with E-state index in [1.807, 2.05) is 0 Å². The van der Waals surface area contributed by atoms with E-state index in [1.165, 1.54) is 11.0 Å². The van der Waals surface area contributed by atoms with Gasteiger partial charge in [0, 0.05) is 5.56 Å². The number of aromatic nitrogens is 4. The first-order valence-electron chi connectivity index (χ1n) is 6.33. The highest BCUT2D eigenvalue weighted by molar-refractivity contribution is 7.17. The molecule has 1 aromatic carbocycles. The van der Waals surface area contributed by atoms with Gasteiger partial charge in [-0.3, -0.25) is 20.4 Å². The molecule has 0 bridgehead atoms. The van der Waals surface area contributed by atoms with E-state index in [9.17, 15) is 9.59 Å². The molecule has 2 N–H and O–H groups in total. The van der Waals surface area contributed by atoms with Crippen LogP contribution < -0.4 is 10.9 Å². The molecular formula is C13H9ClN6O2S. The number of rotatable bonds is 3. The van der Waals surface area contributed by atoms with Gasteiger partial charge in [0.15, 0.2) is 0 Å². The molecule has 0 aliphatic heterocycles. The second-order valence-corrected chi connectivity index (χ2v) is 6.03. The second kappa shape index (κ2) is 6.55. The third-order valence-corrected chi connectivity index (χ3v) is 4.06. The fourth-order valence-electron chi connectivity index (χ4n) is 1.73. The van der Waals surface area contributed by atoms with E-state index in [2.05, 4.69) is 26.4 Å². The highest BCUT2D eigenvalue weighted by Crippen LogP contribution is 2.20. The van der Waals surface area contributed by atoms with Crippen molar-refractivity contribution in [3.05, 3.63) is 57.5 Å². The largest absolute Gasteiger partial charge is 0.279 e. The van der Waals surface area contributed by atoms with Gasteiger partial charge in [0.2, 0.25) is 0 Å². The first-order chi connectivity index (χ1) is 11.1. The average Bonchev–Trinajstić information content (AvgIpc) is 3.24. The molecule has 2 amide bonds. The summed E-state index contributed by atoms with van der Waals surface area (Å²) >= 11 is 6.88. The van der Waals surface area contributed by atoms with Gasteiger partial charge >= 0.3 is 0 Å². The molecule has 10 heteroatoms. The number of nitrogens with zero attached hydrogens (tertiary/aromatic N) is 4. The van der Waals surface area contributed by atoms with E-state index in [4.69, 9.17) is 11.6 Å². The summed E-state index contributed by atoms with van der Waals surface area (Å²) in [6, 6.07) is 9.76. The second-order valence-electron chi connectivity index (χ2n) is 4.31. The molecule has 2 aromatic heterocycles. The third-order valence-electron chi connectivity index (χ3n) is 2.83. The number of carbonyl (C=O) groups excluding carboxylic acids is 2. The molecule has 2 heterocycles. The van der Waals surface area contributed by atoms with Crippen molar-refractivity contribution in [3.8, 4) is 5.69 Å². The highest BCUT2D eigenvalue weighted by Gasteiger charge is 2.11. The number of carbonyl (C=O) groups is 2. The molecule has 0 saturated heterocycles. The summed E-state index contributed by atoms with van der Waals surface area (Å²) in [4.78, 5) is 24.2. The lowest BCUT2D eigenvalue weighted by Crippen LogP contribution is -2.41. The number of amides is 2. The molecule has 0 aliphatic carbocycles. The molecule has 0 aliphatic rings. The number of halogens is 1. The number of tetrazole rings is 1. The summed E-state index contributed by atoms with van der Waals surface area (Å²) in [5.74, 6) is -0.871. The molecular weight excluding hydrogens is 340 g/mol. The first kappa shape index (κ1) is 15.1. The fourth-order valence-corrected chi connectivity index (χ4v) is 2.67. The summed E-state index contributed by atoms with van der Waals surface area (Å²) in [5, 5.41) is 10.8. The molecule has 8 nitrogen and oxygen atoms in total. The zero-order valence-electron chi connectivity index (χ0n) is 11.4. The molecule has 23 heavy (non-hydrogen) atoms. The molecule has 0 radical (unpaired) electrons. The van der Waals surface area contributed by atoms with Gasteiger partial charge in [-0.15, -0.1) is 16.4 Å². The maximum atomic E-state index is 12.0. The number of nitrogens with one attached hydrogen (secondary N) is 2. The third kappa shape index (κ3) is 3.52.